The molecular formula is C10H4Cl3NO2. The van der Waals surface area contributed by atoms with Gasteiger partial charge in [0.2, 0.25) is 0 Å². The fourth-order valence-corrected chi connectivity index (χ4v) is 2.13. The molecule has 16 heavy (non-hydrogen) atoms. The largest absolute Gasteiger partial charge is 0.478 e. The molecule has 0 bridgehead atoms. The first-order chi connectivity index (χ1) is 7.49. The fraction of sp³-hybridized carbons (Fsp3) is 0. The van der Waals surface area contributed by atoms with Crippen LogP contribution in [0.25, 0.3) is 10.9 Å². The van der Waals surface area contributed by atoms with Crippen molar-refractivity contribution in [2.45, 2.75) is 0 Å². The Kier molecular flexibility index (Phi) is 2.93. The van der Waals surface area contributed by atoms with E-state index in [-0.39, 0.29) is 15.7 Å². The van der Waals surface area contributed by atoms with E-state index >= 15 is 0 Å². The van der Waals surface area contributed by atoms with Gasteiger partial charge in [-0.15, -0.1) is 0 Å². The predicted octanol–water partition coefficient (Wildman–Crippen LogP) is 3.89. The van der Waals surface area contributed by atoms with Gasteiger partial charge in [0.1, 0.15) is 5.15 Å². The molecule has 0 unspecified atom stereocenters. The van der Waals surface area contributed by atoms with Crippen LogP contribution in [0.5, 0.6) is 0 Å². The number of halogens is 3. The molecule has 1 aromatic heterocycles. The highest BCUT2D eigenvalue weighted by Crippen LogP contribution is 2.30. The Balaban J connectivity index is 2.95. The summed E-state index contributed by atoms with van der Waals surface area (Å²) in [6.45, 7) is 0. The average Bonchev–Trinajstić information content (AvgIpc) is 2.18. The Bertz CT molecular complexity index is 598. The second kappa shape index (κ2) is 4.09. The molecule has 0 atom stereocenters. The van der Waals surface area contributed by atoms with Crippen LogP contribution in [0, 0.1) is 0 Å². The number of carboxylic acids is 1. The van der Waals surface area contributed by atoms with Crippen LogP contribution in [0.15, 0.2) is 18.2 Å². The molecule has 6 heteroatoms. The molecule has 1 heterocycles. The van der Waals surface area contributed by atoms with Crippen LogP contribution >= 0.6 is 34.8 Å². The van der Waals surface area contributed by atoms with Gasteiger partial charge in [-0.1, -0.05) is 34.8 Å². The molecule has 82 valence electrons. The Labute approximate surface area is 106 Å². The summed E-state index contributed by atoms with van der Waals surface area (Å²) in [5, 5.41) is 10.1. The summed E-state index contributed by atoms with van der Waals surface area (Å²) in [7, 11) is 0. The number of fused-ring (bicyclic) bond motifs is 1. The quantitative estimate of drug-likeness (QED) is 0.804. The van der Waals surface area contributed by atoms with E-state index in [1.807, 2.05) is 0 Å². The van der Waals surface area contributed by atoms with E-state index in [4.69, 9.17) is 39.9 Å². The number of aromatic carboxylic acids is 1. The SMILES string of the molecule is O=C(O)c1cc(Cl)nc2c(Cl)cc(Cl)cc12. The van der Waals surface area contributed by atoms with E-state index in [1.165, 1.54) is 18.2 Å². The monoisotopic (exact) mass is 275 g/mol. The summed E-state index contributed by atoms with van der Waals surface area (Å²) in [6.07, 6.45) is 0. The van der Waals surface area contributed by atoms with Crippen molar-refractivity contribution in [3.05, 3.63) is 39.0 Å². The van der Waals surface area contributed by atoms with Crippen molar-refractivity contribution < 1.29 is 9.90 Å². The Morgan fingerprint density at radius 2 is 1.88 bits per heavy atom. The van der Waals surface area contributed by atoms with Gasteiger partial charge in [0, 0.05) is 10.4 Å². The highest BCUT2D eigenvalue weighted by molar-refractivity contribution is 6.39. The van der Waals surface area contributed by atoms with Gasteiger partial charge in [-0.2, -0.15) is 0 Å². The van der Waals surface area contributed by atoms with Gasteiger partial charge < -0.3 is 5.11 Å². The smallest absolute Gasteiger partial charge is 0.336 e. The third-order valence-corrected chi connectivity index (χ3v) is 2.73. The molecular weight excluding hydrogens is 272 g/mol. The van der Waals surface area contributed by atoms with Gasteiger partial charge in [0.25, 0.3) is 0 Å². The summed E-state index contributed by atoms with van der Waals surface area (Å²) in [4.78, 5) is 15.0. The Morgan fingerprint density at radius 1 is 1.19 bits per heavy atom. The maximum atomic E-state index is 11.0. The molecule has 2 rings (SSSR count). The first-order valence-electron chi connectivity index (χ1n) is 4.17. The molecule has 0 amide bonds. The molecule has 2 aromatic rings. The zero-order valence-electron chi connectivity index (χ0n) is 7.67. The lowest BCUT2D eigenvalue weighted by molar-refractivity contribution is 0.0699. The van der Waals surface area contributed by atoms with Crippen LogP contribution in [0.3, 0.4) is 0 Å². The molecule has 0 aliphatic carbocycles. The van der Waals surface area contributed by atoms with Crippen molar-refractivity contribution in [1.82, 2.24) is 4.98 Å². The molecule has 0 spiro atoms. The summed E-state index contributed by atoms with van der Waals surface area (Å²) in [6, 6.07) is 4.24. The number of carbonyl (C=O) groups is 1. The summed E-state index contributed by atoms with van der Waals surface area (Å²) >= 11 is 17.4. The molecule has 0 saturated carbocycles. The van der Waals surface area contributed by atoms with E-state index in [0.29, 0.717) is 15.9 Å². The highest BCUT2D eigenvalue weighted by Gasteiger charge is 2.14. The maximum absolute atomic E-state index is 11.0. The normalized spacial score (nSPS) is 10.7. The van der Waals surface area contributed by atoms with Gasteiger partial charge in [-0.05, 0) is 18.2 Å². The van der Waals surface area contributed by atoms with Gasteiger partial charge in [-0.3, -0.25) is 0 Å². The Hall–Kier alpha value is -1.03. The number of hydrogen-bond acceptors (Lipinski definition) is 2. The van der Waals surface area contributed by atoms with Crippen LogP contribution in [-0.4, -0.2) is 16.1 Å². The topological polar surface area (TPSA) is 50.2 Å². The zero-order chi connectivity index (χ0) is 11.9. The predicted molar refractivity (Wildman–Crippen MR) is 63.7 cm³/mol. The Morgan fingerprint density at radius 3 is 2.50 bits per heavy atom. The molecule has 1 N–H and O–H groups in total. The van der Waals surface area contributed by atoms with Crippen molar-refractivity contribution in [3.63, 3.8) is 0 Å². The number of carboxylic acid groups (broad SMARTS) is 1. The third-order valence-electron chi connectivity index (χ3n) is 2.03. The van der Waals surface area contributed by atoms with E-state index in [0.717, 1.165) is 0 Å². The second-order valence-electron chi connectivity index (χ2n) is 3.08. The van der Waals surface area contributed by atoms with Crippen LogP contribution < -0.4 is 0 Å². The highest BCUT2D eigenvalue weighted by atomic mass is 35.5. The fourth-order valence-electron chi connectivity index (χ4n) is 1.40. The minimum absolute atomic E-state index is 0.0272. The van der Waals surface area contributed by atoms with Gasteiger partial charge in [0.15, 0.2) is 0 Å². The minimum atomic E-state index is -1.10. The lowest BCUT2D eigenvalue weighted by atomic mass is 10.1. The lowest BCUT2D eigenvalue weighted by Crippen LogP contribution is -1.99. The van der Waals surface area contributed by atoms with Crippen molar-refractivity contribution in [2.75, 3.05) is 0 Å². The van der Waals surface area contributed by atoms with E-state index < -0.39 is 5.97 Å². The average molecular weight is 277 g/mol. The molecule has 0 aliphatic rings. The number of pyridine rings is 1. The van der Waals surface area contributed by atoms with E-state index in [2.05, 4.69) is 4.98 Å². The molecule has 0 aliphatic heterocycles. The standard InChI is InChI=1S/C10H4Cl3NO2/c11-4-1-5-6(10(15)16)3-8(13)14-9(5)7(12)2-4/h1-3H,(H,15,16). The van der Waals surface area contributed by atoms with E-state index in [9.17, 15) is 4.79 Å². The van der Waals surface area contributed by atoms with Crippen molar-refractivity contribution >= 4 is 51.7 Å². The molecule has 0 fully saturated rings. The van der Waals surface area contributed by atoms with Crippen molar-refractivity contribution in [2.24, 2.45) is 0 Å². The minimum Gasteiger partial charge on any atom is -0.478 e. The summed E-state index contributed by atoms with van der Waals surface area (Å²) < 4.78 is 0. The number of aromatic nitrogens is 1. The lowest BCUT2D eigenvalue weighted by Gasteiger charge is -2.05. The summed E-state index contributed by atoms with van der Waals surface area (Å²) in [5.74, 6) is -1.10. The third kappa shape index (κ3) is 1.94. The molecule has 0 saturated heterocycles. The van der Waals surface area contributed by atoms with Crippen LogP contribution in [0.2, 0.25) is 15.2 Å². The number of hydrogen-bond donors (Lipinski definition) is 1. The van der Waals surface area contributed by atoms with E-state index in [1.54, 1.807) is 0 Å². The number of nitrogens with zero attached hydrogens (tertiary/aromatic N) is 1. The first kappa shape index (κ1) is 11.5. The first-order valence-corrected chi connectivity index (χ1v) is 5.31. The number of benzene rings is 1. The maximum Gasteiger partial charge on any atom is 0.336 e. The van der Waals surface area contributed by atoms with Gasteiger partial charge in [0.05, 0.1) is 16.1 Å². The zero-order valence-corrected chi connectivity index (χ0v) is 9.94. The van der Waals surface area contributed by atoms with Crippen molar-refractivity contribution in [1.29, 1.82) is 0 Å². The van der Waals surface area contributed by atoms with Crippen LogP contribution in [0.1, 0.15) is 10.4 Å². The van der Waals surface area contributed by atoms with Gasteiger partial charge >= 0.3 is 5.97 Å². The molecule has 0 radical (unpaired) electrons. The number of rotatable bonds is 1. The molecule has 1 aromatic carbocycles. The van der Waals surface area contributed by atoms with Crippen LogP contribution in [-0.2, 0) is 0 Å². The second-order valence-corrected chi connectivity index (χ2v) is 4.31. The van der Waals surface area contributed by atoms with Gasteiger partial charge in [-0.25, -0.2) is 9.78 Å². The molecule has 3 nitrogen and oxygen atoms in total. The summed E-state index contributed by atoms with van der Waals surface area (Å²) in [5.41, 5.74) is 0.357. The van der Waals surface area contributed by atoms with Crippen LogP contribution in [0.4, 0.5) is 0 Å². The van der Waals surface area contributed by atoms with Crippen molar-refractivity contribution in [3.8, 4) is 0 Å².